The zero-order valence-corrected chi connectivity index (χ0v) is 18.3. The zero-order chi connectivity index (χ0) is 23.1. The van der Waals surface area contributed by atoms with Gasteiger partial charge in [-0.25, -0.2) is 0 Å². The van der Waals surface area contributed by atoms with Crippen molar-refractivity contribution in [1.82, 2.24) is 0 Å². The van der Waals surface area contributed by atoms with E-state index in [0.29, 0.717) is 23.5 Å². The molecule has 3 rings (SSSR count). The molecule has 0 aliphatic carbocycles. The highest BCUT2D eigenvalue weighted by molar-refractivity contribution is 6.10. The van der Waals surface area contributed by atoms with Crippen molar-refractivity contribution in [2.45, 2.75) is 27.4 Å². The van der Waals surface area contributed by atoms with E-state index in [1.54, 1.807) is 36.4 Å². The molecular weight excluding hydrogens is 398 g/mol. The van der Waals surface area contributed by atoms with Gasteiger partial charge in [-0.15, -0.1) is 0 Å². The Balaban J connectivity index is 1.75. The van der Waals surface area contributed by atoms with Crippen molar-refractivity contribution in [3.05, 3.63) is 99.6 Å². The first-order valence-electron chi connectivity index (χ1n) is 10.1. The maximum atomic E-state index is 12.7. The van der Waals surface area contributed by atoms with Gasteiger partial charge in [0.1, 0.15) is 24.0 Å². The van der Waals surface area contributed by atoms with Crippen LogP contribution in [0.1, 0.15) is 33.4 Å². The van der Waals surface area contributed by atoms with Gasteiger partial charge in [-0.3, -0.25) is 4.79 Å². The lowest BCUT2D eigenvalue weighted by Gasteiger charge is -2.12. The highest BCUT2D eigenvalue weighted by atomic mass is 16.5. The predicted octanol–water partition coefficient (Wildman–Crippen LogP) is 5.61. The van der Waals surface area contributed by atoms with Gasteiger partial charge in [0.05, 0.1) is 11.6 Å². The lowest BCUT2D eigenvalue weighted by Crippen LogP contribution is -2.15. The van der Waals surface area contributed by atoms with Crippen LogP contribution < -0.4 is 10.1 Å². The number of nitrogens with one attached hydrogen (secondary N) is 1. The van der Waals surface area contributed by atoms with E-state index in [9.17, 15) is 10.1 Å². The number of aryl methyl sites for hydroxylation is 3. The molecule has 0 saturated carbocycles. The van der Waals surface area contributed by atoms with Crippen molar-refractivity contribution in [1.29, 1.82) is 10.5 Å². The second kappa shape index (κ2) is 10.1. The van der Waals surface area contributed by atoms with Gasteiger partial charge in [0, 0.05) is 5.69 Å². The second-order valence-electron chi connectivity index (χ2n) is 7.57. The SMILES string of the molecule is Cc1cc(C)c(NC(=O)/C(C#N)=C/c2cccc(OCc3cccc(C#N)c3)c2)c(C)c1. The average molecular weight is 422 g/mol. The number of rotatable bonds is 6. The summed E-state index contributed by atoms with van der Waals surface area (Å²) >= 11 is 0. The van der Waals surface area contributed by atoms with Crippen molar-refractivity contribution >= 4 is 17.7 Å². The van der Waals surface area contributed by atoms with Crippen LogP contribution in [-0.4, -0.2) is 5.91 Å². The standard InChI is InChI=1S/C27H23N3O2/c1-18-10-19(2)26(20(3)11-18)30-27(31)24(16-29)13-21-6-5-9-25(14-21)32-17-23-8-4-7-22(12-23)15-28/h4-14H,17H2,1-3H3,(H,30,31)/b24-13+. The molecule has 0 unspecified atom stereocenters. The Morgan fingerprint density at radius 1 is 1.00 bits per heavy atom. The molecule has 0 bridgehead atoms. The molecule has 3 aromatic carbocycles. The topological polar surface area (TPSA) is 85.9 Å². The minimum absolute atomic E-state index is 0.00301. The van der Waals surface area contributed by atoms with E-state index >= 15 is 0 Å². The Kier molecular flexibility index (Phi) is 7.06. The van der Waals surface area contributed by atoms with Crippen molar-refractivity contribution in [3.8, 4) is 17.9 Å². The minimum atomic E-state index is -0.456. The molecule has 0 aliphatic heterocycles. The highest BCUT2D eigenvalue weighted by Crippen LogP contribution is 2.23. The van der Waals surface area contributed by atoms with E-state index in [4.69, 9.17) is 10.00 Å². The monoisotopic (exact) mass is 421 g/mol. The van der Waals surface area contributed by atoms with E-state index in [1.807, 2.05) is 51.1 Å². The van der Waals surface area contributed by atoms with E-state index in [0.717, 1.165) is 27.9 Å². The highest BCUT2D eigenvalue weighted by Gasteiger charge is 2.13. The molecule has 1 N–H and O–H groups in total. The van der Waals surface area contributed by atoms with Gasteiger partial charge < -0.3 is 10.1 Å². The van der Waals surface area contributed by atoms with E-state index < -0.39 is 5.91 Å². The van der Waals surface area contributed by atoms with Gasteiger partial charge in [0.2, 0.25) is 0 Å². The summed E-state index contributed by atoms with van der Waals surface area (Å²) in [7, 11) is 0. The molecule has 0 aromatic heterocycles. The quantitative estimate of drug-likeness (QED) is 0.414. The summed E-state index contributed by atoms with van der Waals surface area (Å²) < 4.78 is 5.82. The van der Waals surface area contributed by atoms with Crippen LogP contribution in [0.2, 0.25) is 0 Å². The molecular formula is C27H23N3O2. The molecule has 32 heavy (non-hydrogen) atoms. The molecule has 0 radical (unpaired) electrons. The van der Waals surface area contributed by atoms with Crippen molar-refractivity contribution in [3.63, 3.8) is 0 Å². The number of ether oxygens (including phenoxy) is 1. The summed E-state index contributed by atoms with van der Waals surface area (Å²) in [5.41, 5.74) is 5.87. The van der Waals surface area contributed by atoms with Crippen LogP contribution in [0, 0.1) is 43.4 Å². The van der Waals surface area contributed by atoms with Crippen LogP contribution in [0.5, 0.6) is 5.75 Å². The normalized spacial score (nSPS) is 10.7. The summed E-state index contributed by atoms with van der Waals surface area (Å²) in [5.74, 6) is 0.145. The molecule has 5 heteroatoms. The molecule has 5 nitrogen and oxygen atoms in total. The van der Waals surface area contributed by atoms with E-state index in [-0.39, 0.29) is 5.57 Å². The summed E-state index contributed by atoms with van der Waals surface area (Å²) in [5, 5.41) is 21.4. The Morgan fingerprint density at radius 2 is 1.72 bits per heavy atom. The summed E-state index contributed by atoms with van der Waals surface area (Å²) in [6.07, 6.45) is 1.54. The smallest absolute Gasteiger partial charge is 0.266 e. The van der Waals surface area contributed by atoms with Crippen molar-refractivity contribution < 1.29 is 9.53 Å². The maximum Gasteiger partial charge on any atom is 0.266 e. The van der Waals surface area contributed by atoms with Crippen LogP contribution in [0.15, 0.2) is 66.2 Å². The number of nitriles is 2. The third-order valence-corrected chi connectivity index (χ3v) is 4.91. The Labute approximate surface area is 188 Å². The van der Waals surface area contributed by atoms with E-state index in [1.165, 1.54) is 6.08 Å². The third-order valence-electron chi connectivity index (χ3n) is 4.91. The first-order valence-corrected chi connectivity index (χ1v) is 10.1. The van der Waals surface area contributed by atoms with Gasteiger partial charge in [0.15, 0.2) is 0 Å². The molecule has 158 valence electrons. The molecule has 0 fully saturated rings. The second-order valence-corrected chi connectivity index (χ2v) is 7.57. The fourth-order valence-corrected chi connectivity index (χ4v) is 3.46. The van der Waals surface area contributed by atoms with Crippen LogP contribution in [0.3, 0.4) is 0 Å². The van der Waals surface area contributed by atoms with Gasteiger partial charge in [0.25, 0.3) is 5.91 Å². The first kappa shape index (κ1) is 22.3. The minimum Gasteiger partial charge on any atom is -0.489 e. The van der Waals surface area contributed by atoms with Gasteiger partial charge in [-0.2, -0.15) is 10.5 Å². The largest absolute Gasteiger partial charge is 0.489 e. The summed E-state index contributed by atoms with van der Waals surface area (Å²) in [4.78, 5) is 12.7. The fourth-order valence-electron chi connectivity index (χ4n) is 3.46. The number of amides is 1. The Morgan fingerprint density at radius 3 is 2.41 bits per heavy atom. The fraction of sp³-hybridized carbons (Fsp3) is 0.148. The Bertz CT molecular complexity index is 1250. The number of nitrogens with zero attached hydrogens (tertiary/aromatic N) is 2. The molecule has 0 saturated heterocycles. The zero-order valence-electron chi connectivity index (χ0n) is 18.3. The predicted molar refractivity (Wildman–Crippen MR) is 125 cm³/mol. The lowest BCUT2D eigenvalue weighted by atomic mass is 10.0. The number of benzene rings is 3. The van der Waals surface area contributed by atoms with E-state index in [2.05, 4.69) is 11.4 Å². The van der Waals surface area contributed by atoms with Gasteiger partial charge in [-0.05, 0) is 73.4 Å². The molecule has 1 amide bonds. The Hall–Kier alpha value is -4.35. The number of carbonyl (C=O) groups excluding carboxylic acids is 1. The van der Waals surface area contributed by atoms with Gasteiger partial charge in [-0.1, -0.05) is 42.0 Å². The number of hydrogen-bond acceptors (Lipinski definition) is 4. The molecule has 0 aliphatic rings. The van der Waals surface area contributed by atoms with Crippen LogP contribution in [0.4, 0.5) is 5.69 Å². The maximum absolute atomic E-state index is 12.7. The summed E-state index contributed by atoms with van der Waals surface area (Å²) in [6.45, 7) is 6.17. The third kappa shape index (κ3) is 5.62. The number of carbonyl (C=O) groups is 1. The molecule has 3 aromatic rings. The van der Waals surface area contributed by atoms with Gasteiger partial charge >= 0.3 is 0 Å². The van der Waals surface area contributed by atoms with Crippen molar-refractivity contribution in [2.24, 2.45) is 0 Å². The van der Waals surface area contributed by atoms with Crippen LogP contribution in [-0.2, 0) is 11.4 Å². The van der Waals surface area contributed by atoms with Crippen LogP contribution >= 0.6 is 0 Å². The number of anilines is 1. The lowest BCUT2D eigenvalue weighted by molar-refractivity contribution is -0.112. The van der Waals surface area contributed by atoms with Crippen molar-refractivity contribution in [2.75, 3.05) is 5.32 Å². The molecule has 0 spiro atoms. The first-order chi connectivity index (χ1) is 15.4. The van der Waals surface area contributed by atoms with Crippen LogP contribution in [0.25, 0.3) is 6.08 Å². The number of hydrogen-bond donors (Lipinski definition) is 1. The summed E-state index contributed by atoms with van der Waals surface area (Å²) in [6, 6.07) is 22.5. The molecule has 0 heterocycles. The average Bonchev–Trinajstić information content (AvgIpc) is 2.78. The molecule has 0 atom stereocenters.